The Hall–Kier alpha value is -2.09. The average molecular weight is 338 g/mol. The summed E-state index contributed by atoms with van der Waals surface area (Å²) in [6, 6.07) is 19.4. The third-order valence-corrected chi connectivity index (χ3v) is 4.64. The first kappa shape index (κ1) is 19.2. The Morgan fingerprint density at radius 2 is 1.60 bits per heavy atom. The van der Waals surface area contributed by atoms with Gasteiger partial charge >= 0.3 is 0 Å². The molecule has 0 amide bonds. The van der Waals surface area contributed by atoms with Gasteiger partial charge in [-0.15, -0.1) is 0 Å². The molecule has 2 aromatic rings. The second-order valence-electron chi connectivity index (χ2n) is 7.07. The largest absolute Gasteiger partial charge is 0.478 e. The van der Waals surface area contributed by atoms with E-state index in [2.05, 4.69) is 73.4 Å². The molecule has 0 fully saturated rings. The predicted octanol–water partition coefficient (Wildman–Crippen LogP) is 6.53. The lowest BCUT2D eigenvalue weighted by Gasteiger charge is -2.24. The van der Waals surface area contributed by atoms with Crippen LogP contribution < -0.4 is 0 Å². The van der Waals surface area contributed by atoms with Gasteiger partial charge in [0.1, 0.15) is 0 Å². The van der Waals surface area contributed by atoms with Crippen molar-refractivity contribution in [1.29, 1.82) is 0 Å². The van der Waals surface area contributed by atoms with Gasteiger partial charge in [0.2, 0.25) is 0 Å². The number of rotatable bonds is 7. The molecular formula is C23H31NO. The SMILES string of the molecule is CCC(C)C(Cc1ccccc1)c1ccc(N=C(C)OC(C)C)cc1. The van der Waals surface area contributed by atoms with Crippen molar-refractivity contribution in [2.24, 2.45) is 10.9 Å². The maximum atomic E-state index is 5.62. The number of hydrogen-bond acceptors (Lipinski definition) is 2. The first-order valence-electron chi connectivity index (χ1n) is 9.35. The molecule has 2 atom stereocenters. The Labute approximate surface area is 153 Å². The van der Waals surface area contributed by atoms with Crippen LogP contribution in [0.3, 0.4) is 0 Å². The fraction of sp³-hybridized carbons (Fsp3) is 0.435. The van der Waals surface area contributed by atoms with Gasteiger partial charge in [0, 0.05) is 6.92 Å². The fourth-order valence-corrected chi connectivity index (χ4v) is 3.15. The van der Waals surface area contributed by atoms with E-state index in [1.54, 1.807) is 0 Å². The van der Waals surface area contributed by atoms with Crippen LogP contribution in [0.4, 0.5) is 5.69 Å². The Morgan fingerprint density at radius 1 is 0.960 bits per heavy atom. The van der Waals surface area contributed by atoms with E-state index in [1.165, 1.54) is 17.5 Å². The quantitative estimate of drug-likeness (QED) is 0.415. The molecule has 2 heteroatoms. The summed E-state index contributed by atoms with van der Waals surface area (Å²) in [7, 11) is 0. The monoisotopic (exact) mass is 337 g/mol. The van der Waals surface area contributed by atoms with Crippen LogP contribution in [0.5, 0.6) is 0 Å². The lowest BCUT2D eigenvalue weighted by Crippen LogP contribution is -2.12. The van der Waals surface area contributed by atoms with E-state index in [4.69, 9.17) is 4.74 Å². The highest BCUT2D eigenvalue weighted by Gasteiger charge is 2.18. The molecule has 0 heterocycles. The molecule has 2 rings (SSSR count). The standard InChI is InChI=1S/C23H31NO/c1-6-18(4)23(16-20-10-8-7-9-11-20)21-12-14-22(15-13-21)24-19(5)25-17(2)3/h7-15,17-18,23H,6,16H2,1-5H3. The van der Waals surface area contributed by atoms with Crippen molar-refractivity contribution in [3.8, 4) is 0 Å². The summed E-state index contributed by atoms with van der Waals surface area (Å²) in [5, 5.41) is 0. The average Bonchev–Trinajstić information content (AvgIpc) is 2.60. The van der Waals surface area contributed by atoms with Crippen molar-refractivity contribution in [3.05, 3.63) is 65.7 Å². The van der Waals surface area contributed by atoms with Crippen LogP contribution in [0.1, 0.15) is 58.1 Å². The molecule has 0 radical (unpaired) electrons. The first-order chi connectivity index (χ1) is 12.0. The van der Waals surface area contributed by atoms with Gasteiger partial charge in [-0.1, -0.05) is 62.7 Å². The minimum Gasteiger partial charge on any atom is -0.478 e. The summed E-state index contributed by atoms with van der Waals surface area (Å²) >= 11 is 0. The molecule has 25 heavy (non-hydrogen) atoms. The second kappa shape index (κ2) is 9.41. The molecule has 2 aromatic carbocycles. The van der Waals surface area contributed by atoms with E-state index in [0.717, 1.165) is 12.1 Å². The fourth-order valence-electron chi connectivity index (χ4n) is 3.15. The Morgan fingerprint density at radius 3 is 2.16 bits per heavy atom. The highest BCUT2D eigenvalue weighted by molar-refractivity contribution is 5.76. The molecular weight excluding hydrogens is 306 g/mol. The molecule has 0 aliphatic carbocycles. The minimum absolute atomic E-state index is 0.156. The molecule has 0 bridgehead atoms. The number of ether oxygens (including phenoxy) is 1. The zero-order valence-corrected chi connectivity index (χ0v) is 16.2. The van der Waals surface area contributed by atoms with Gasteiger partial charge in [0.25, 0.3) is 0 Å². The van der Waals surface area contributed by atoms with Crippen LogP contribution in [0, 0.1) is 5.92 Å². The van der Waals surface area contributed by atoms with Crippen LogP contribution in [-0.2, 0) is 11.2 Å². The third-order valence-electron chi connectivity index (χ3n) is 4.64. The smallest absolute Gasteiger partial charge is 0.185 e. The number of hydrogen-bond donors (Lipinski definition) is 0. The van der Waals surface area contributed by atoms with Crippen molar-refractivity contribution >= 4 is 11.6 Å². The topological polar surface area (TPSA) is 21.6 Å². The van der Waals surface area contributed by atoms with E-state index in [9.17, 15) is 0 Å². The highest BCUT2D eigenvalue weighted by atomic mass is 16.5. The summed E-state index contributed by atoms with van der Waals surface area (Å²) in [5.41, 5.74) is 3.74. The normalized spacial score (nSPS) is 14.4. The Kier molecular flexibility index (Phi) is 7.24. The Balaban J connectivity index is 2.18. The summed E-state index contributed by atoms with van der Waals surface area (Å²) in [6.45, 7) is 10.6. The molecule has 0 N–H and O–H groups in total. The minimum atomic E-state index is 0.156. The van der Waals surface area contributed by atoms with E-state index >= 15 is 0 Å². The maximum absolute atomic E-state index is 5.62. The predicted molar refractivity (Wildman–Crippen MR) is 108 cm³/mol. The van der Waals surface area contributed by atoms with Gasteiger partial charge in [-0.2, -0.15) is 0 Å². The van der Waals surface area contributed by atoms with Crippen molar-refractivity contribution < 1.29 is 4.74 Å². The van der Waals surface area contributed by atoms with Crippen molar-refractivity contribution in [1.82, 2.24) is 0 Å². The van der Waals surface area contributed by atoms with Crippen molar-refractivity contribution in [2.45, 2.75) is 59.5 Å². The zero-order valence-electron chi connectivity index (χ0n) is 16.2. The molecule has 2 nitrogen and oxygen atoms in total. The maximum Gasteiger partial charge on any atom is 0.185 e. The van der Waals surface area contributed by atoms with Gasteiger partial charge in [0.15, 0.2) is 5.90 Å². The van der Waals surface area contributed by atoms with E-state index < -0.39 is 0 Å². The molecule has 0 aromatic heterocycles. The lowest BCUT2D eigenvalue weighted by molar-refractivity contribution is 0.226. The molecule has 0 spiro atoms. The molecule has 0 aliphatic rings. The van der Waals surface area contributed by atoms with Crippen LogP contribution in [0.25, 0.3) is 0 Å². The summed E-state index contributed by atoms with van der Waals surface area (Å²) in [5.74, 6) is 1.88. The highest BCUT2D eigenvalue weighted by Crippen LogP contribution is 2.31. The Bertz CT molecular complexity index is 658. The van der Waals surface area contributed by atoms with Crippen molar-refractivity contribution in [3.63, 3.8) is 0 Å². The zero-order chi connectivity index (χ0) is 18.2. The van der Waals surface area contributed by atoms with Crippen LogP contribution >= 0.6 is 0 Å². The second-order valence-corrected chi connectivity index (χ2v) is 7.07. The summed E-state index contributed by atoms with van der Waals surface area (Å²) in [6.07, 6.45) is 2.41. The number of aliphatic imine (C=N–C) groups is 1. The molecule has 0 saturated carbocycles. The van der Waals surface area contributed by atoms with Gasteiger partial charge in [-0.05, 0) is 55.4 Å². The van der Waals surface area contributed by atoms with Crippen LogP contribution in [0.2, 0.25) is 0 Å². The number of benzene rings is 2. The van der Waals surface area contributed by atoms with Gasteiger partial charge in [0.05, 0.1) is 11.8 Å². The van der Waals surface area contributed by atoms with Crippen LogP contribution in [0.15, 0.2) is 59.6 Å². The summed E-state index contributed by atoms with van der Waals surface area (Å²) in [4.78, 5) is 4.54. The lowest BCUT2D eigenvalue weighted by atomic mass is 9.81. The molecule has 0 aliphatic heterocycles. The third kappa shape index (κ3) is 6.04. The van der Waals surface area contributed by atoms with Gasteiger partial charge < -0.3 is 4.74 Å². The van der Waals surface area contributed by atoms with E-state index in [0.29, 0.717) is 17.7 Å². The molecule has 134 valence electrons. The van der Waals surface area contributed by atoms with E-state index in [1.807, 2.05) is 20.8 Å². The first-order valence-corrected chi connectivity index (χ1v) is 9.35. The van der Waals surface area contributed by atoms with Crippen LogP contribution in [-0.4, -0.2) is 12.0 Å². The molecule has 2 unspecified atom stereocenters. The number of nitrogens with zero attached hydrogens (tertiary/aromatic N) is 1. The van der Waals surface area contributed by atoms with Crippen molar-refractivity contribution in [2.75, 3.05) is 0 Å². The molecule has 0 saturated heterocycles. The van der Waals surface area contributed by atoms with Gasteiger partial charge in [-0.3, -0.25) is 0 Å². The summed E-state index contributed by atoms with van der Waals surface area (Å²) < 4.78 is 5.62. The van der Waals surface area contributed by atoms with E-state index in [-0.39, 0.29) is 6.10 Å². The van der Waals surface area contributed by atoms with Gasteiger partial charge in [-0.25, -0.2) is 4.99 Å².